The Hall–Kier alpha value is -1.12. The average molecular weight is 242 g/mol. The highest BCUT2D eigenvalue weighted by Gasteiger charge is 2.07. The molecule has 0 saturated heterocycles. The van der Waals surface area contributed by atoms with E-state index in [1.165, 1.54) is 0 Å². The first kappa shape index (κ1) is 10.4. The highest BCUT2D eigenvalue weighted by atomic mass is 35.5. The molecule has 1 aromatic carbocycles. The topological polar surface area (TPSA) is 25.0 Å². The average Bonchev–Trinajstić information content (AvgIpc) is 2.64. The molecule has 1 heterocycles. The number of benzene rings is 1. The van der Waals surface area contributed by atoms with Crippen molar-refractivity contribution in [3.05, 3.63) is 40.5 Å². The summed E-state index contributed by atoms with van der Waals surface area (Å²) in [6.45, 7) is 0. The number of H-pyrrole nitrogens is 1. The molecular formula is C11H9Cl2NO. The van der Waals surface area contributed by atoms with Gasteiger partial charge in [-0.25, -0.2) is 0 Å². The van der Waals surface area contributed by atoms with Gasteiger partial charge in [-0.3, -0.25) is 0 Å². The SMILES string of the molecule is COc1ccc(-c2[nH]ccc2Cl)cc1Cl. The summed E-state index contributed by atoms with van der Waals surface area (Å²) < 4.78 is 5.07. The van der Waals surface area contributed by atoms with Crippen molar-refractivity contribution in [1.82, 2.24) is 4.98 Å². The minimum atomic E-state index is 0.570. The van der Waals surface area contributed by atoms with Crippen LogP contribution < -0.4 is 4.74 Å². The summed E-state index contributed by atoms with van der Waals surface area (Å²) in [4.78, 5) is 3.06. The van der Waals surface area contributed by atoms with Crippen molar-refractivity contribution in [3.63, 3.8) is 0 Å². The van der Waals surface area contributed by atoms with Crippen LogP contribution >= 0.6 is 23.2 Å². The molecule has 0 radical (unpaired) electrons. The first-order chi connectivity index (χ1) is 7.22. The van der Waals surface area contributed by atoms with E-state index < -0.39 is 0 Å². The maximum absolute atomic E-state index is 6.02. The molecule has 15 heavy (non-hydrogen) atoms. The zero-order chi connectivity index (χ0) is 10.8. The van der Waals surface area contributed by atoms with Gasteiger partial charge in [-0.1, -0.05) is 23.2 Å². The third-order valence-electron chi connectivity index (χ3n) is 2.14. The third kappa shape index (κ3) is 1.96. The number of rotatable bonds is 2. The second-order valence-electron chi connectivity index (χ2n) is 3.05. The maximum atomic E-state index is 6.02. The van der Waals surface area contributed by atoms with Gasteiger partial charge >= 0.3 is 0 Å². The Labute approximate surface area is 97.8 Å². The Bertz CT molecular complexity index is 479. The van der Waals surface area contributed by atoms with Gasteiger partial charge in [0.25, 0.3) is 0 Å². The van der Waals surface area contributed by atoms with Gasteiger partial charge < -0.3 is 9.72 Å². The van der Waals surface area contributed by atoms with Crippen molar-refractivity contribution < 1.29 is 4.74 Å². The standard InChI is InChI=1S/C11H9Cl2NO/c1-15-10-3-2-7(6-9(10)13)11-8(12)4-5-14-11/h2-6,14H,1H3. The van der Waals surface area contributed by atoms with E-state index in [1.54, 1.807) is 19.4 Å². The third-order valence-corrected chi connectivity index (χ3v) is 2.75. The summed E-state index contributed by atoms with van der Waals surface area (Å²) in [6, 6.07) is 7.34. The predicted molar refractivity (Wildman–Crippen MR) is 62.8 cm³/mol. The van der Waals surface area contributed by atoms with Gasteiger partial charge in [-0.05, 0) is 24.3 Å². The molecule has 1 aromatic heterocycles. The van der Waals surface area contributed by atoms with Gasteiger partial charge in [-0.2, -0.15) is 0 Å². The molecule has 0 atom stereocenters. The summed E-state index contributed by atoms with van der Waals surface area (Å²) in [5, 5.41) is 1.25. The summed E-state index contributed by atoms with van der Waals surface area (Å²) in [7, 11) is 1.59. The van der Waals surface area contributed by atoms with Crippen molar-refractivity contribution in [1.29, 1.82) is 0 Å². The highest BCUT2D eigenvalue weighted by molar-refractivity contribution is 6.34. The van der Waals surface area contributed by atoms with Gasteiger partial charge in [-0.15, -0.1) is 0 Å². The van der Waals surface area contributed by atoms with E-state index in [9.17, 15) is 0 Å². The monoisotopic (exact) mass is 241 g/mol. The van der Waals surface area contributed by atoms with Gasteiger partial charge in [0.15, 0.2) is 0 Å². The Kier molecular flexibility index (Phi) is 2.89. The van der Waals surface area contributed by atoms with Crippen molar-refractivity contribution in [2.45, 2.75) is 0 Å². The van der Waals surface area contributed by atoms with E-state index in [0.29, 0.717) is 15.8 Å². The minimum absolute atomic E-state index is 0.570. The molecule has 0 amide bonds. The van der Waals surface area contributed by atoms with Gasteiger partial charge in [0.05, 0.1) is 22.8 Å². The molecular weight excluding hydrogens is 233 g/mol. The number of hydrogen-bond acceptors (Lipinski definition) is 1. The van der Waals surface area contributed by atoms with Gasteiger partial charge in [0, 0.05) is 11.8 Å². The lowest BCUT2D eigenvalue weighted by atomic mass is 10.1. The smallest absolute Gasteiger partial charge is 0.137 e. The van der Waals surface area contributed by atoms with Crippen LogP contribution in [0.15, 0.2) is 30.5 Å². The lowest BCUT2D eigenvalue weighted by Crippen LogP contribution is -1.85. The first-order valence-electron chi connectivity index (χ1n) is 4.39. The number of halogens is 2. The number of nitrogens with one attached hydrogen (secondary N) is 1. The Balaban J connectivity index is 2.47. The first-order valence-corrected chi connectivity index (χ1v) is 5.14. The number of aromatic nitrogens is 1. The lowest BCUT2D eigenvalue weighted by Gasteiger charge is -2.05. The summed E-state index contributed by atoms with van der Waals surface area (Å²) in [5.74, 6) is 0.656. The molecule has 78 valence electrons. The van der Waals surface area contributed by atoms with E-state index >= 15 is 0 Å². The summed E-state index contributed by atoms with van der Waals surface area (Å²) >= 11 is 12.0. The molecule has 0 fully saturated rings. The fourth-order valence-corrected chi connectivity index (χ4v) is 1.88. The van der Waals surface area contributed by atoms with E-state index in [2.05, 4.69) is 4.98 Å². The van der Waals surface area contributed by atoms with Crippen LogP contribution in [0, 0.1) is 0 Å². The lowest BCUT2D eigenvalue weighted by molar-refractivity contribution is 0.415. The molecule has 0 aliphatic carbocycles. The zero-order valence-electron chi connectivity index (χ0n) is 8.05. The number of ether oxygens (including phenoxy) is 1. The second-order valence-corrected chi connectivity index (χ2v) is 3.86. The van der Waals surface area contributed by atoms with Crippen molar-refractivity contribution in [3.8, 4) is 17.0 Å². The van der Waals surface area contributed by atoms with Crippen LogP contribution in [0.25, 0.3) is 11.3 Å². The minimum Gasteiger partial charge on any atom is -0.495 e. The maximum Gasteiger partial charge on any atom is 0.137 e. The molecule has 0 unspecified atom stereocenters. The quantitative estimate of drug-likeness (QED) is 0.845. The molecule has 0 bridgehead atoms. The molecule has 4 heteroatoms. The molecule has 1 N–H and O–H groups in total. The number of methoxy groups -OCH3 is 1. The van der Waals surface area contributed by atoms with Gasteiger partial charge in [0.2, 0.25) is 0 Å². The predicted octanol–water partition coefficient (Wildman–Crippen LogP) is 4.00. The molecule has 2 aromatic rings. The summed E-state index contributed by atoms with van der Waals surface area (Å²) in [5.41, 5.74) is 1.80. The van der Waals surface area contributed by atoms with Crippen LogP contribution in [0.1, 0.15) is 0 Å². The number of aromatic amines is 1. The second kappa shape index (κ2) is 4.17. The Morgan fingerprint density at radius 1 is 1.13 bits per heavy atom. The molecule has 2 nitrogen and oxygen atoms in total. The largest absolute Gasteiger partial charge is 0.495 e. The van der Waals surface area contributed by atoms with Crippen LogP contribution in [-0.2, 0) is 0 Å². The Morgan fingerprint density at radius 3 is 2.47 bits per heavy atom. The molecule has 0 aliphatic rings. The number of hydrogen-bond donors (Lipinski definition) is 1. The van der Waals surface area contributed by atoms with E-state index in [-0.39, 0.29) is 0 Å². The molecule has 0 saturated carbocycles. The Morgan fingerprint density at radius 2 is 1.93 bits per heavy atom. The van der Waals surface area contributed by atoms with E-state index in [1.807, 2.05) is 18.2 Å². The van der Waals surface area contributed by atoms with E-state index in [4.69, 9.17) is 27.9 Å². The fourth-order valence-electron chi connectivity index (χ4n) is 1.39. The van der Waals surface area contributed by atoms with Crippen LogP contribution in [0.5, 0.6) is 5.75 Å². The van der Waals surface area contributed by atoms with Crippen molar-refractivity contribution in [2.75, 3.05) is 7.11 Å². The fraction of sp³-hybridized carbons (Fsp3) is 0.0909. The van der Waals surface area contributed by atoms with Crippen LogP contribution in [-0.4, -0.2) is 12.1 Å². The van der Waals surface area contributed by atoms with E-state index in [0.717, 1.165) is 11.3 Å². The van der Waals surface area contributed by atoms with Gasteiger partial charge in [0.1, 0.15) is 5.75 Å². The molecule has 0 aliphatic heterocycles. The van der Waals surface area contributed by atoms with Crippen LogP contribution in [0.4, 0.5) is 0 Å². The normalized spacial score (nSPS) is 10.3. The van der Waals surface area contributed by atoms with Crippen LogP contribution in [0.2, 0.25) is 10.0 Å². The zero-order valence-corrected chi connectivity index (χ0v) is 9.56. The van der Waals surface area contributed by atoms with Crippen molar-refractivity contribution >= 4 is 23.2 Å². The van der Waals surface area contributed by atoms with Crippen LogP contribution in [0.3, 0.4) is 0 Å². The highest BCUT2D eigenvalue weighted by Crippen LogP contribution is 2.32. The van der Waals surface area contributed by atoms with Crippen molar-refractivity contribution in [2.24, 2.45) is 0 Å². The molecule has 2 rings (SSSR count). The molecule has 0 spiro atoms. The summed E-state index contributed by atoms with van der Waals surface area (Å²) in [6.07, 6.45) is 1.79.